The number of rotatable bonds is 2. The van der Waals surface area contributed by atoms with Crippen molar-refractivity contribution in [3.63, 3.8) is 0 Å². The molecule has 0 saturated carbocycles. The van der Waals surface area contributed by atoms with Gasteiger partial charge in [-0.25, -0.2) is 4.98 Å². The summed E-state index contributed by atoms with van der Waals surface area (Å²) in [6.45, 7) is 0. The number of anilines is 1. The highest BCUT2D eigenvalue weighted by Crippen LogP contribution is 2.34. The van der Waals surface area contributed by atoms with Crippen LogP contribution < -0.4 is 16.0 Å². The van der Waals surface area contributed by atoms with Crippen molar-refractivity contribution in [2.24, 2.45) is 5.11 Å². The van der Waals surface area contributed by atoms with Gasteiger partial charge in [-0.1, -0.05) is 11.3 Å². The third-order valence-electron chi connectivity index (χ3n) is 1.81. The summed E-state index contributed by atoms with van der Waals surface area (Å²) in [6, 6.07) is 3.40. The Kier molecular flexibility index (Phi) is 2.05. The van der Waals surface area contributed by atoms with Crippen molar-refractivity contribution < 1.29 is 4.74 Å². The predicted molar refractivity (Wildman–Crippen MR) is 54.8 cm³/mol. The minimum Gasteiger partial charge on any atom is -0.497 e. The SMILES string of the molecule is COc1cc(N=[N])c2nc(N)sc2c1. The molecular formula is C8H7N4OS. The zero-order chi connectivity index (χ0) is 10.1. The lowest BCUT2D eigenvalue weighted by atomic mass is 10.3. The van der Waals surface area contributed by atoms with Crippen molar-refractivity contribution in [2.75, 3.05) is 12.8 Å². The molecule has 0 spiro atoms. The number of thiazole rings is 1. The minimum atomic E-state index is 0.368. The fourth-order valence-corrected chi connectivity index (χ4v) is 1.98. The van der Waals surface area contributed by atoms with Crippen LogP contribution in [0.5, 0.6) is 5.75 Å². The summed E-state index contributed by atoms with van der Waals surface area (Å²) in [4.78, 5) is 4.05. The zero-order valence-corrected chi connectivity index (χ0v) is 8.21. The second-order valence-corrected chi connectivity index (χ2v) is 3.71. The lowest BCUT2D eigenvalue weighted by molar-refractivity contribution is 0.415. The highest BCUT2D eigenvalue weighted by atomic mass is 32.1. The van der Waals surface area contributed by atoms with E-state index >= 15 is 0 Å². The van der Waals surface area contributed by atoms with Gasteiger partial charge in [-0.2, -0.15) is 0 Å². The van der Waals surface area contributed by atoms with Gasteiger partial charge in [0.25, 0.3) is 0 Å². The maximum atomic E-state index is 8.76. The summed E-state index contributed by atoms with van der Waals surface area (Å²) in [7, 11) is 1.55. The lowest BCUT2D eigenvalue weighted by Gasteiger charge is -1.99. The summed E-state index contributed by atoms with van der Waals surface area (Å²) >= 11 is 1.33. The summed E-state index contributed by atoms with van der Waals surface area (Å²) in [6.07, 6.45) is 0. The lowest BCUT2D eigenvalue weighted by Crippen LogP contribution is -1.82. The van der Waals surface area contributed by atoms with Crippen molar-refractivity contribution >= 4 is 32.4 Å². The van der Waals surface area contributed by atoms with Gasteiger partial charge in [0, 0.05) is 6.07 Å². The van der Waals surface area contributed by atoms with Crippen LogP contribution in [-0.2, 0) is 0 Å². The standard InChI is InChI=1S/C8H7N4OS/c1-13-4-2-5(12-10)7-6(3-4)14-8(9)11-7/h2-3H,1H3,(H2,9,11). The summed E-state index contributed by atoms with van der Waals surface area (Å²) < 4.78 is 5.88. The van der Waals surface area contributed by atoms with E-state index in [0.717, 1.165) is 4.70 Å². The number of methoxy groups -OCH3 is 1. The number of hydrogen-bond donors (Lipinski definition) is 1. The van der Waals surface area contributed by atoms with Gasteiger partial charge in [-0.3, -0.25) is 0 Å². The van der Waals surface area contributed by atoms with Crippen LogP contribution in [0.15, 0.2) is 17.2 Å². The van der Waals surface area contributed by atoms with Crippen LogP contribution in [-0.4, -0.2) is 12.1 Å². The Labute approximate surface area is 84.0 Å². The molecule has 0 aliphatic carbocycles. The van der Waals surface area contributed by atoms with E-state index in [2.05, 4.69) is 10.1 Å². The molecule has 0 unspecified atom stereocenters. The molecule has 71 valence electrons. The molecule has 1 aromatic carbocycles. The first-order valence-corrected chi connectivity index (χ1v) is 4.65. The Balaban J connectivity index is 2.78. The molecule has 1 radical (unpaired) electrons. The van der Waals surface area contributed by atoms with Crippen molar-refractivity contribution in [1.82, 2.24) is 10.5 Å². The zero-order valence-electron chi connectivity index (χ0n) is 7.39. The van der Waals surface area contributed by atoms with Gasteiger partial charge in [0.2, 0.25) is 0 Å². The van der Waals surface area contributed by atoms with Gasteiger partial charge < -0.3 is 10.5 Å². The van der Waals surface area contributed by atoms with Crippen molar-refractivity contribution in [3.8, 4) is 5.75 Å². The van der Waals surface area contributed by atoms with Crippen molar-refractivity contribution in [1.29, 1.82) is 0 Å². The molecule has 2 rings (SSSR count). The van der Waals surface area contributed by atoms with E-state index in [1.54, 1.807) is 19.2 Å². The molecular weight excluding hydrogens is 200 g/mol. The highest BCUT2D eigenvalue weighted by molar-refractivity contribution is 7.22. The number of aromatic nitrogens is 1. The first kappa shape index (κ1) is 8.89. The maximum Gasteiger partial charge on any atom is 0.181 e. The third-order valence-corrected chi connectivity index (χ3v) is 2.64. The van der Waals surface area contributed by atoms with E-state index in [-0.39, 0.29) is 0 Å². The van der Waals surface area contributed by atoms with Gasteiger partial charge in [-0.15, -0.1) is 5.11 Å². The third kappa shape index (κ3) is 1.29. The largest absolute Gasteiger partial charge is 0.497 e. The topological polar surface area (TPSA) is 82.8 Å². The molecule has 0 saturated heterocycles. The average Bonchev–Trinajstić information content (AvgIpc) is 2.56. The van der Waals surface area contributed by atoms with Crippen LogP contribution in [0.1, 0.15) is 0 Å². The number of nitrogens with zero attached hydrogens (tertiary/aromatic N) is 3. The molecule has 2 aromatic rings. The van der Waals surface area contributed by atoms with E-state index in [4.69, 9.17) is 16.0 Å². The number of fused-ring (bicyclic) bond motifs is 1. The van der Waals surface area contributed by atoms with Crippen LogP contribution in [0, 0.1) is 0 Å². The highest BCUT2D eigenvalue weighted by Gasteiger charge is 2.08. The first-order chi connectivity index (χ1) is 6.74. The van der Waals surface area contributed by atoms with E-state index in [9.17, 15) is 0 Å². The molecule has 1 heterocycles. The molecule has 14 heavy (non-hydrogen) atoms. The van der Waals surface area contributed by atoms with Crippen LogP contribution in [0.4, 0.5) is 10.8 Å². The second kappa shape index (κ2) is 3.22. The second-order valence-electron chi connectivity index (χ2n) is 2.65. The Bertz CT molecular complexity index is 493. The van der Waals surface area contributed by atoms with Gasteiger partial charge >= 0.3 is 0 Å². The van der Waals surface area contributed by atoms with E-state index in [0.29, 0.717) is 22.1 Å². The Morgan fingerprint density at radius 3 is 3.00 bits per heavy atom. The maximum absolute atomic E-state index is 8.76. The summed E-state index contributed by atoms with van der Waals surface area (Å²) in [5, 5.41) is 3.57. The first-order valence-electron chi connectivity index (χ1n) is 3.83. The molecule has 1 aromatic heterocycles. The van der Waals surface area contributed by atoms with E-state index in [1.165, 1.54) is 11.3 Å². The number of ether oxygens (including phenoxy) is 1. The average molecular weight is 207 g/mol. The Morgan fingerprint density at radius 2 is 2.36 bits per heavy atom. The number of nitrogen functional groups attached to an aromatic ring is 1. The Hall–Kier alpha value is -1.69. The molecule has 0 atom stereocenters. The fourth-order valence-electron chi connectivity index (χ4n) is 1.20. The van der Waals surface area contributed by atoms with Gasteiger partial charge in [-0.05, 0) is 11.6 Å². The number of nitrogens with two attached hydrogens (primary N) is 1. The molecule has 0 aliphatic rings. The molecule has 6 heteroatoms. The minimum absolute atomic E-state index is 0.368. The quantitative estimate of drug-likeness (QED) is 0.762. The normalized spacial score (nSPS) is 10.4. The summed E-state index contributed by atoms with van der Waals surface area (Å²) in [5.74, 6) is 0.619. The number of benzene rings is 1. The van der Waals surface area contributed by atoms with Crippen molar-refractivity contribution in [3.05, 3.63) is 12.1 Å². The van der Waals surface area contributed by atoms with E-state index in [1.807, 2.05) is 0 Å². The van der Waals surface area contributed by atoms with Crippen molar-refractivity contribution in [2.45, 2.75) is 0 Å². The monoisotopic (exact) mass is 207 g/mol. The molecule has 5 nitrogen and oxygen atoms in total. The smallest absolute Gasteiger partial charge is 0.181 e. The summed E-state index contributed by atoms with van der Waals surface area (Å²) in [5.41, 5.74) is 15.3. The van der Waals surface area contributed by atoms with Crippen LogP contribution in [0.2, 0.25) is 0 Å². The van der Waals surface area contributed by atoms with E-state index < -0.39 is 0 Å². The van der Waals surface area contributed by atoms with Crippen LogP contribution >= 0.6 is 11.3 Å². The Morgan fingerprint density at radius 1 is 1.57 bits per heavy atom. The molecule has 0 fully saturated rings. The number of hydrogen-bond acceptors (Lipinski definition) is 5. The predicted octanol–water partition coefficient (Wildman–Crippen LogP) is 1.77. The molecule has 0 aliphatic heterocycles. The van der Waals surface area contributed by atoms with Crippen LogP contribution in [0.25, 0.3) is 10.2 Å². The molecule has 2 N–H and O–H groups in total. The molecule has 0 amide bonds. The van der Waals surface area contributed by atoms with Gasteiger partial charge in [0.05, 0.1) is 11.8 Å². The fraction of sp³-hybridized carbons (Fsp3) is 0.125. The van der Waals surface area contributed by atoms with Gasteiger partial charge in [0.15, 0.2) is 5.13 Å². The van der Waals surface area contributed by atoms with Crippen LogP contribution in [0.3, 0.4) is 0 Å². The molecule has 0 bridgehead atoms. The van der Waals surface area contributed by atoms with Gasteiger partial charge in [0.1, 0.15) is 17.0 Å².